The Morgan fingerprint density at radius 2 is 2.14 bits per heavy atom. The van der Waals surface area contributed by atoms with E-state index in [4.69, 9.17) is 4.52 Å². The van der Waals surface area contributed by atoms with Crippen LogP contribution in [0.2, 0.25) is 0 Å². The Morgan fingerprint density at radius 3 is 2.96 bits per heavy atom. The molecule has 1 unspecified atom stereocenters. The van der Waals surface area contributed by atoms with E-state index in [1.807, 2.05) is 38.2 Å². The van der Waals surface area contributed by atoms with E-state index in [9.17, 15) is 4.79 Å². The van der Waals surface area contributed by atoms with Gasteiger partial charge in [-0.1, -0.05) is 23.7 Å². The molecular formula is C21H27N5O2. The van der Waals surface area contributed by atoms with Gasteiger partial charge in [0.1, 0.15) is 5.82 Å². The van der Waals surface area contributed by atoms with Crippen molar-refractivity contribution in [2.75, 3.05) is 27.2 Å². The second-order valence-electron chi connectivity index (χ2n) is 7.73. The molecule has 0 N–H and O–H groups in total. The van der Waals surface area contributed by atoms with Crippen molar-refractivity contribution in [1.82, 2.24) is 24.5 Å². The second kappa shape index (κ2) is 7.75. The van der Waals surface area contributed by atoms with Gasteiger partial charge in [-0.3, -0.25) is 4.79 Å². The van der Waals surface area contributed by atoms with Crippen LogP contribution in [0, 0.1) is 6.92 Å². The van der Waals surface area contributed by atoms with E-state index < -0.39 is 0 Å². The summed E-state index contributed by atoms with van der Waals surface area (Å²) in [4.78, 5) is 21.5. The number of hydrogen-bond acceptors (Lipinski definition) is 5. The standard InChI is InChI=1S/C21H27N5O2/c1-15-22-18-9-4-5-10-20(18)26(15)14-17-12-19(23-28-17)21(27)25(3)13-16-8-6-7-11-24(16)2/h4-5,9-10,12,16H,6-8,11,13-14H2,1-3H3. The first-order valence-electron chi connectivity index (χ1n) is 9.86. The monoisotopic (exact) mass is 381 g/mol. The first kappa shape index (κ1) is 18.7. The summed E-state index contributed by atoms with van der Waals surface area (Å²) < 4.78 is 7.54. The van der Waals surface area contributed by atoms with Gasteiger partial charge in [0.15, 0.2) is 11.5 Å². The van der Waals surface area contributed by atoms with Crippen LogP contribution in [0.1, 0.15) is 41.3 Å². The number of piperidine rings is 1. The number of nitrogens with zero attached hydrogens (tertiary/aromatic N) is 5. The predicted octanol–water partition coefficient (Wildman–Crippen LogP) is 2.94. The smallest absolute Gasteiger partial charge is 0.275 e. The first-order chi connectivity index (χ1) is 13.5. The van der Waals surface area contributed by atoms with Crippen LogP contribution in [0.5, 0.6) is 0 Å². The van der Waals surface area contributed by atoms with Crippen molar-refractivity contribution in [3.63, 3.8) is 0 Å². The normalized spacial score (nSPS) is 17.9. The quantitative estimate of drug-likeness (QED) is 0.680. The Balaban J connectivity index is 1.46. The largest absolute Gasteiger partial charge is 0.359 e. The number of imidazole rings is 1. The third kappa shape index (κ3) is 3.67. The molecule has 1 aliphatic heterocycles. The molecule has 0 saturated carbocycles. The molecule has 4 rings (SSSR count). The molecule has 1 saturated heterocycles. The summed E-state index contributed by atoms with van der Waals surface area (Å²) in [5, 5.41) is 4.03. The maximum Gasteiger partial charge on any atom is 0.275 e. The van der Waals surface area contributed by atoms with E-state index in [-0.39, 0.29) is 5.91 Å². The molecule has 1 aromatic carbocycles. The zero-order valence-corrected chi connectivity index (χ0v) is 16.8. The van der Waals surface area contributed by atoms with E-state index >= 15 is 0 Å². The van der Waals surface area contributed by atoms with E-state index in [1.54, 1.807) is 11.0 Å². The fraction of sp³-hybridized carbons (Fsp3) is 0.476. The highest BCUT2D eigenvalue weighted by atomic mass is 16.5. The number of amides is 1. The lowest BCUT2D eigenvalue weighted by atomic mass is 10.0. The molecule has 0 aliphatic carbocycles. The lowest BCUT2D eigenvalue weighted by Crippen LogP contribution is -2.45. The summed E-state index contributed by atoms with van der Waals surface area (Å²) in [5.74, 6) is 1.46. The maximum absolute atomic E-state index is 12.8. The molecule has 148 valence electrons. The van der Waals surface area contributed by atoms with Crippen molar-refractivity contribution in [3.05, 3.63) is 47.6 Å². The van der Waals surface area contributed by atoms with Crippen LogP contribution in [0.15, 0.2) is 34.9 Å². The Hall–Kier alpha value is -2.67. The van der Waals surface area contributed by atoms with E-state index in [0.29, 0.717) is 30.6 Å². The number of para-hydroxylation sites is 2. The van der Waals surface area contributed by atoms with Gasteiger partial charge < -0.3 is 18.9 Å². The zero-order chi connectivity index (χ0) is 19.7. The van der Waals surface area contributed by atoms with Crippen LogP contribution >= 0.6 is 0 Å². The van der Waals surface area contributed by atoms with E-state index in [2.05, 4.69) is 26.7 Å². The minimum absolute atomic E-state index is 0.0961. The van der Waals surface area contributed by atoms with Crippen LogP contribution in [-0.4, -0.2) is 63.6 Å². The number of carbonyl (C=O) groups is 1. The predicted molar refractivity (Wildman–Crippen MR) is 107 cm³/mol. The van der Waals surface area contributed by atoms with E-state index in [1.165, 1.54) is 12.8 Å². The molecule has 7 heteroatoms. The highest BCUT2D eigenvalue weighted by Crippen LogP contribution is 2.19. The van der Waals surface area contributed by atoms with Gasteiger partial charge in [-0.25, -0.2) is 4.98 Å². The molecule has 1 fully saturated rings. The summed E-state index contributed by atoms with van der Waals surface area (Å²) in [6, 6.07) is 10.2. The molecule has 1 aliphatic rings. The van der Waals surface area contributed by atoms with Gasteiger partial charge in [0.25, 0.3) is 5.91 Å². The Kier molecular flexibility index (Phi) is 5.17. The Bertz CT molecular complexity index is 976. The fourth-order valence-corrected chi connectivity index (χ4v) is 4.01. The minimum atomic E-state index is -0.0961. The van der Waals surface area contributed by atoms with Crippen LogP contribution in [-0.2, 0) is 6.54 Å². The number of aromatic nitrogens is 3. The van der Waals surface area contributed by atoms with Gasteiger partial charge in [0.05, 0.1) is 17.6 Å². The fourth-order valence-electron chi connectivity index (χ4n) is 4.01. The van der Waals surface area contributed by atoms with Crippen molar-refractivity contribution in [1.29, 1.82) is 0 Å². The van der Waals surface area contributed by atoms with Crippen molar-refractivity contribution < 1.29 is 9.32 Å². The molecule has 28 heavy (non-hydrogen) atoms. The highest BCUT2D eigenvalue weighted by Gasteiger charge is 2.24. The van der Waals surface area contributed by atoms with Crippen LogP contribution < -0.4 is 0 Å². The summed E-state index contributed by atoms with van der Waals surface area (Å²) in [7, 11) is 3.97. The molecule has 1 atom stereocenters. The lowest BCUT2D eigenvalue weighted by Gasteiger charge is -2.34. The van der Waals surface area contributed by atoms with E-state index in [0.717, 1.165) is 29.8 Å². The third-order valence-corrected chi connectivity index (χ3v) is 5.69. The molecule has 0 spiro atoms. The number of rotatable bonds is 5. The van der Waals surface area contributed by atoms with Gasteiger partial charge in [-0.2, -0.15) is 0 Å². The van der Waals surface area contributed by atoms with Gasteiger partial charge >= 0.3 is 0 Å². The molecule has 3 aromatic rings. The molecule has 3 heterocycles. The summed E-state index contributed by atoms with van der Waals surface area (Å²) in [5.41, 5.74) is 2.35. The van der Waals surface area contributed by atoms with Gasteiger partial charge in [-0.05, 0) is 45.5 Å². The summed E-state index contributed by atoms with van der Waals surface area (Å²) in [6.07, 6.45) is 3.59. The first-order valence-corrected chi connectivity index (χ1v) is 9.86. The number of benzene rings is 1. The SMILES string of the molecule is Cc1nc2ccccc2n1Cc1cc(C(=O)N(C)CC2CCCCN2C)no1. The lowest BCUT2D eigenvalue weighted by molar-refractivity contribution is 0.0707. The van der Waals surface area contributed by atoms with Crippen molar-refractivity contribution in [3.8, 4) is 0 Å². The maximum atomic E-state index is 12.8. The molecule has 0 bridgehead atoms. The third-order valence-electron chi connectivity index (χ3n) is 5.69. The van der Waals surface area contributed by atoms with Gasteiger partial charge in [0, 0.05) is 25.7 Å². The van der Waals surface area contributed by atoms with Crippen molar-refractivity contribution in [2.45, 2.75) is 38.8 Å². The van der Waals surface area contributed by atoms with Crippen LogP contribution in [0.4, 0.5) is 0 Å². The molecule has 1 amide bonds. The highest BCUT2D eigenvalue weighted by molar-refractivity contribution is 5.92. The number of likely N-dealkylation sites (tertiary alicyclic amines) is 1. The zero-order valence-electron chi connectivity index (χ0n) is 16.8. The average Bonchev–Trinajstić information content (AvgIpc) is 3.28. The van der Waals surface area contributed by atoms with Crippen LogP contribution in [0.25, 0.3) is 11.0 Å². The molecule has 7 nitrogen and oxygen atoms in total. The number of hydrogen-bond donors (Lipinski definition) is 0. The summed E-state index contributed by atoms with van der Waals surface area (Å²) in [6.45, 7) is 4.28. The van der Waals surface area contributed by atoms with Gasteiger partial charge in [0.2, 0.25) is 0 Å². The number of carbonyl (C=O) groups excluding carboxylic acids is 1. The van der Waals surface area contributed by atoms with Crippen molar-refractivity contribution in [2.24, 2.45) is 0 Å². The van der Waals surface area contributed by atoms with Crippen LogP contribution in [0.3, 0.4) is 0 Å². The number of likely N-dealkylation sites (N-methyl/N-ethyl adjacent to an activating group) is 2. The van der Waals surface area contributed by atoms with Crippen molar-refractivity contribution >= 4 is 16.9 Å². The Morgan fingerprint density at radius 1 is 1.32 bits per heavy atom. The van der Waals surface area contributed by atoms with Gasteiger partial charge in [-0.15, -0.1) is 0 Å². The minimum Gasteiger partial charge on any atom is -0.359 e. The Labute approximate surface area is 164 Å². The second-order valence-corrected chi connectivity index (χ2v) is 7.73. The molecular weight excluding hydrogens is 354 g/mol. The number of fused-ring (bicyclic) bond motifs is 1. The number of aryl methyl sites for hydroxylation is 1. The average molecular weight is 381 g/mol. The topological polar surface area (TPSA) is 67.4 Å². The molecule has 0 radical (unpaired) electrons. The molecule has 2 aromatic heterocycles. The summed E-state index contributed by atoms with van der Waals surface area (Å²) >= 11 is 0.